The summed E-state index contributed by atoms with van der Waals surface area (Å²) in [5, 5.41) is 3.93. The molecule has 1 unspecified atom stereocenters. The van der Waals surface area contributed by atoms with Gasteiger partial charge >= 0.3 is 0 Å². The number of benzene rings is 2. The Bertz CT molecular complexity index is 1210. The summed E-state index contributed by atoms with van der Waals surface area (Å²) in [5.41, 5.74) is 11.6. The summed E-state index contributed by atoms with van der Waals surface area (Å²) in [6.07, 6.45) is 9.80. The van der Waals surface area contributed by atoms with Gasteiger partial charge in [-0.2, -0.15) is 0 Å². The van der Waals surface area contributed by atoms with Crippen molar-refractivity contribution in [3.05, 3.63) is 71.5 Å². The normalized spacial score (nSPS) is 15.1. The molecule has 34 heavy (non-hydrogen) atoms. The van der Waals surface area contributed by atoms with Crippen molar-refractivity contribution in [3.63, 3.8) is 0 Å². The summed E-state index contributed by atoms with van der Waals surface area (Å²) in [5.74, 6) is 0.980. The summed E-state index contributed by atoms with van der Waals surface area (Å²) in [4.78, 5) is 16.0. The lowest BCUT2D eigenvalue weighted by Gasteiger charge is -2.14. The zero-order chi connectivity index (χ0) is 23.3. The Hall–Kier alpha value is -3.03. The summed E-state index contributed by atoms with van der Waals surface area (Å²) in [6.45, 7) is 6.00. The van der Waals surface area contributed by atoms with E-state index in [4.69, 9.17) is 5.73 Å². The van der Waals surface area contributed by atoms with Crippen molar-refractivity contribution in [2.45, 2.75) is 44.9 Å². The SMILES string of the molecule is CC(Cc1cnc(Nc2ccc(CCCN3CCCC3)cc2)nc1)c1ccc2nc(N)sc2c1. The van der Waals surface area contributed by atoms with Gasteiger partial charge in [0, 0.05) is 18.1 Å². The number of aromatic nitrogens is 3. The molecule has 176 valence electrons. The first-order chi connectivity index (χ1) is 16.6. The Morgan fingerprint density at radius 1 is 1.03 bits per heavy atom. The number of thiazole rings is 1. The Balaban J connectivity index is 1.13. The first-order valence-corrected chi connectivity index (χ1v) is 13.0. The number of nitrogen functional groups attached to an aromatic ring is 1. The van der Waals surface area contributed by atoms with Crippen LogP contribution in [0.15, 0.2) is 54.9 Å². The maximum absolute atomic E-state index is 5.84. The number of nitrogens with one attached hydrogen (secondary N) is 1. The fourth-order valence-corrected chi connectivity index (χ4v) is 5.44. The van der Waals surface area contributed by atoms with Crippen molar-refractivity contribution >= 4 is 38.3 Å². The van der Waals surface area contributed by atoms with Crippen molar-refractivity contribution in [1.29, 1.82) is 0 Å². The number of rotatable bonds is 9. The highest BCUT2D eigenvalue weighted by Crippen LogP contribution is 2.29. The van der Waals surface area contributed by atoms with Crippen molar-refractivity contribution in [2.24, 2.45) is 0 Å². The largest absolute Gasteiger partial charge is 0.375 e. The predicted molar refractivity (Wildman–Crippen MR) is 142 cm³/mol. The highest BCUT2D eigenvalue weighted by Gasteiger charge is 2.12. The molecule has 1 aliphatic rings. The molecule has 1 fully saturated rings. The van der Waals surface area contributed by atoms with E-state index in [0.29, 0.717) is 17.0 Å². The molecule has 5 rings (SSSR count). The summed E-state index contributed by atoms with van der Waals surface area (Å²) < 4.78 is 1.13. The summed E-state index contributed by atoms with van der Waals surface area (Å²) >= 11 is 1.53. The van der Waals surface area contributed by atoms with Crippen LogP contribution >= 0.6 is 11.3 Å². The molecule has 3 heterocycles. The van der Waals surface area contributed by atoms with E-state index in [-0.39, 0.29) is 0 Å². The standard InChI is InChI=1S/C27H32N6S/c1-19(22-8-11-24-25(16-22)34-26(28)32-24)15-21-17-29-27(30-18-21)31-23-9-6-20(7-10-23)5-4-14-33-12-2-3-13-33/h6-11,16-19H,2-5,12-15H2,1H3,(H2,28,32)(H,29,30,31). The van der Waals surface area contributed by atoms with Gasteiger partial charge in [0.15, 0.2) is 5.13 Å². The Labute approximate surface area is 205 Å². The van der Waals surface area contributed by atoms with E-state index in [9.17, 15) is 0 Å². The van der Waals surface area contributed by atoms with Gasteiger partial charge in [-0.05, 0) is 98.6 Å². The average molecular weight is 473 g/mol. The van der Waals surface area contributed by atoms with Crippen molar-refractivity contribution in [1.82, 2.24) is 19.9 Å². The molecule has 1 saturated heterocycles. The van der Waals surface area contributed by atoms with Gasteiger partial charge in [-0.3, -0.25) is 0 Å². The van der Waals surface area contributed by atoms with Crippen molar-refractivity contribution in [2.75, 3.05) is 30.7 Å². The second kappa shape index (κ2) is 10.5. The van der Waals surface area contributed by atoms with E-state index in [1.165, 1.54) is 61.4 Å². The number of aryl methyl sites for hydroxylation is 1. The number of fused-ring (bicyclic) bond motifs is 1. The van der Waals surface area contributed by atoms with Crippen LogP contribution in [-0.2, 0) is 12.8 Å². The molecule has 0 amide bonds. The van der Waals surface area contributed by atoms with Gasteiger partial charge in [0.1, 0.15) is 0 Å². The van der Waals surface area contributed by atoms with Crippen LogP contribution in [0.3, 0.4) is 0 Å². The number of nitrogens with zero attached hydrogens (tertiary/aromatic N) is 4. The topological polar surface area (TPSA) is 80.0 Å². The van der Waals surface area contributed by atoms with Gasteiger partial charge in [-0.25, -0.2) is 15.0 Å². The molecule has 3 N–H and O–H groups in total. The Morgan fingerprint density at radius 2 is 1.79 bits per heavy atom. The van der Waals surface area contributed by atoms with Crippen LogP contribution in [0.4, 0.5) is 16.8 Å². The van der Waals surface area contributed by atoms with E-state index >= 15 is 0 Å². The minimum absolute atomic E-state index is 0.355. The smallest absolute Gasteiger partial charge is 0.227 e. The minimum atomic E-state index is 0.355. The van der Waals surface area contributed by atoms with Crippen LogP contribution < -0.4 is 11.1 Å². The van der Waals surface area contributed by atoms with E-state index in [2.05, 4.69) is 74.6 Å². The lowest BCUT2D eigenvalue weighted by atomic mass is 9.95. The van der Waals surface area contributed by atoms with Crippen LogP contribution in [0.2, 0.25) is 0 Å². The minimum Gasteiger partial charge on any atom is -0.375 e. The first kappa shape index (κ1) is 22.7. The molecule has 0 spiro atoms. The van der Waals surface area contributed by atoms with E-state index in [0.717, 1.165) is 34.3 Å². The molecule has 2 aromatic carbocycles. The molecule has 4 aromatic rings. The quantitative estimate of drug-likeness (QED) is 0.321. The average Bonchev–Trinajstić information content (AvgIpc) is 3.49. The zero-order valence-electron chi connectivity index (χ0n) is 19.7. The van der Waals surface area contributed by atoms with Gasteiger partial charge in [0.2, 0.25) is 5.95 Å². The molecule has 0 radical (unpaired) electrons. The summed E-state index contributed by atoms with van der Waals surface area (Å²) in [6, 6.07) is 15.0. The third kappa shape index (κ3) is 5.72. The maximum atomic E-state index is 5.84. The van der Waals surface area contributed by atoms with Crippen molar-refractivity contribution in [3.8, 4) is 0 Å². The van der Waals surface area contributed by atoms with Gasteiger partial charge in [-0.1, -0.05) is 36.5 Å². The van der Waals surface area contributed by atoms with Crippen molar-refractivity contribution < 1.29 is 0 Å². The van der Waals surface area contributed by atoms with Crippen LogP contribution in [0, 0.1) is 0 Å². The number of likely N-dealkylation sites (tertiary alicyclic amines) is 1. The molecule has 1 atom stereocenters. The maximum Gasteiger partial charge on any atom is 0.227 e. The molecule has 6 nitrogen and oxygen atoms in total. The second-order valence-electron chi connectivity index (χ2n) is 9.27. The van der Waals surface area contributed by atoms with Gasteiger partial charge in [-0.15, -0.1) is 0 Å². The fraction of sp³-hybridized carbons (Fsp3) is 0.370. The van der Waals surface area contributed by atoms with E-state index in [1.54, 1.807) is 0 Å². The highest BCUT2D eigenvalue weighted by molar-refractivity contribution is 7.22. The Kier molecular flexibility index (Phi) is 7.02. The third-order valence-electron chi connectivity index (χ3n) is 6.59. The molecule has 0 saturated carbocycles. The number of hydrogen-bond donors (Lipinski definition) is 2. The third-order valence-corrected chi connectivity index (χ3v) is 7.44. The van der Waals surface area contributed by atoms with Crippen LogP contribution in [0.5, 0.6) is 0 Å². The van der Waals surface area contributed by atoms with Gasteiger partial charge in [0.25, 0.3) is 0 Å². The van der Waals surface area contributed by atoms with Crippen LogP contribution in [0.25, 0.3) is 10.2 Å². The van der Waals surface area contributed by atoms with Gasteiger partial charge in [0.05, 0.1) is 10.2 Å². The van der Waals surface area contributed by atoms with E-state index < -0.39 is 0 Å². The highest BCUT2D eigenvalue weighted by atomic mass is 32.1. The fourth-order valence-electron chi connectivity index (χ4n) is 4.66. The first-order valence-electron chi connectivity index (χ1n) is 12.2. The lowest BCUT2D eigenvalue weighted by Crippen LogP contribution is -2.20. The molecule has 7 heteroatoms. The van der Waals surface area contributed by atoms with Crippen LogP contribution in [0.1, 0.15) is 48.8 Å². The second-order valence-corrected chi connectivity index (χ2v) is 10.3. The number of anilines is 3. The monoisotopic (exact) mass is 472 g/mol. The molecular weight excluding hydrogens is 440 g/mol. The number of nitrogens with two attached hydrogens (primary N) is 1. The summed E-state index contributed by atoms with van der Waals surface area (Å²) in [7, 11) is 0. The molecule has 0 bridgehead atoms. The predicted octanol–water partition coefficient (Wildman–Crippen LogP) is 5.79. The molecule has 1 aliphatic heterocycles. The van der Waals surface area contributed by atoms with Crippen LogP contribution in [-0.4, -0.2) is 39.5 Å². The Morgan fingerprint density at radius 3 is 2.56 bits per heavy atom. The zero-order valence-corrected chi connectivity index (χ0v) is 20.5. The van der Waals surface area contributed by atoms with E-state index in [1.807, 2.05) is 12.4 Å². The lowest BCUT2D eigenvalue weighted by molar-refractivity contribution is 0.334. The van der Waals surface area contributed by atoms with Gasteiger partial charge < -0.3 is 16.0 Å². The molecular formula is C27H32N6S. The molecule has 0 aliphatic carbocycles. The number of hydrogen-bond acceptors (Lipinski definition) is 7. The molecule has 2 aromatic heterocycles.